The summed E-state index contributed by atoms with van der Waals surface area (Å²) in [7, 11) is 0. The molecule has 0 unspecified atom stereocenters. The van der Waals surface area contributed by atoms with Gasteiger partial charge in [0.25, 0.3) is 0 Å². The molecular weight excluding hydrogens is 231 g/mol. The SMILES string of the molecule is OCCC[C@@H](c1ccc(F)cc1)N1CCNCC1. The summed E-state index contributed by atoms with van der Waals surface area (Å²) in [4.78, 5) is 2.42. The molecule has 1 heterocycles. The Labute approximate surface area is 108 Å². The maximum Gasteiger partial charge on any atom is 0.123 e. The number of rotatable bonds is 5. The van der Waals surface area contributed by atoms with Crippen molar-refractivity contribution in [1.82, 2.24) is 10.2 Å². The van der Waals surface area contributed by atoms with Crippen LogP contribution in [0.5, 0.6) is 0 Å². The van der Waals surface area contributed by atoms with Crippen molar-refractivity contribution in [1.29, 1.82) is 0 Å². The first-order valence-corrected chi connectivity index (χ1v) is 6.62. The van der Waals surface area contributed by atoms with Crippen LogP contribution in [0.25, 0.3) is 0 Å². The summed E-state index contributed by atoms with van der Waals surface area (Å²) < 4.78 is 13.0. The van der Waals surface area contributed by atoms with E-state index in [-0.39, 0.29) is 12.4 Å². The molecule has 100 valence electrons. The number of aliphatic hydroxyl groups is 1. The van der Waals surface area contributed by atoms with E-state index >= 15 is 0 Å². The van der Waals surface area contributed by atoms with Gasteiger partial charge in [-0.3, -0.25) is 4.90 Å². The topological polar surface area (TPSA) is 35.5 Å². The van der Waals surface area contributed by atoms with Gasteiger partial charge in [-0.1, -0.05) is 12.1 Å². The van der Waals surface area contributed by atoms with Gasteiger partial charge in [-0.05, 0) is 30.5 Å². The molecule has 18 heavy (non-hydrogen) atoms. The molecule has 0 saturated carbocycles. The number of halogens is 1. The summed E-state index contributed by atoms with van der Waals surface area (Å²) in [5.41, 5.74) is 1.15. The van der Waals surface area contributed by atoms with Gasteiger partial charge in [0.15, 0.2) is 0 Å². The fraction of sp³-hybridized carbons (Fsp3) is 0.571. The van der Waals surface area contributed by atoms with E-state index in [1.165, 1.54) is 12.1 Å². The lowest BCUT2D eigenvalue weighted by Crippen LogP contribution is -2.45. The van der Waals surface area contributed by atoms with E-state index in [0.29, 0.717) is 6.04 Å². The molecule has 1 atom stereocenters. The molecule has 3 nitrogen and oxygen atoms in total. The summed E-state index contributed by atoms with van der Waals surface area (Å²) in [6.45, 7) is 4.22. The first-order valence-electron chi connectivity index (χ1n) is 6.62. The van der Waals surface area contributed by atoms with Crippen molar-refractivity contribution in [2.75, 3.05) is 32.8 Å². The number of benzene rings is 1. The minimum absolute atomic E-state index is 0.194. The molecule has 1 aliphatic heterocycles. The third-order valence-corrected chi connectivity index (χ3v) is 3.48. The van der Waals surface area contributed by atoms with Crippen molar-refractivity contribution < 1.29 is 9.50 Å². The van der Waals surface area contributed by atoms with Crippen LogP contribution in [0.3, 0.4) is 0 Å². The highest BCUT2D eigenvalue weighted by Gasteiger charge is 2.21. The first kappa shape index (κ1) is 13.5. The van der Waals surface area contributed by atoms with Gasteiger partial charge in [-0.25, -0.2) is 4.39 Å². The molecule has 0 aromatic heterocycles. The van der Waals surface area contributed by atoms with Crippen LogP contribution in [0, 0.1) is 5.82 Å². The first-order chi connectivity index (χ1) is 8.81. The summed E-state index contributed by atoms with van der Waals surface area (Å²) in [5.74, 6) is -0.194. The lowest BCUT2D eigenvalue weighted by atomic mass is 9.99. The van der Waals surface area contributed by atoms with Crippen molar-refractivity contribution in [3.05, 3.63) is 35.6 Å². The molecule has 1 aromatic rings. The van der Waals surface area contributed by atoms with Gasteiger partial charge >= 0.3 is 0 Å². The van der Waals surface area contributed by atoms with Gasteiger partial charge in [0.05, 0.1) is 0 Å². The number of piperazine rings is 1. The highest BCUT2D eigenvalue weighted by molar-refractivity contribution is 5.20. The van der Waals surface area contributed by atoms with E-state index in [4.69, 9.17) is 5.11 Å². The second-order valence-corrected chi connectivity index (χ2v) is 4.72. The van der Waals surface area contributed by atoms with Crippen LogP contribution in [0.1, 0.15) is 24.4 Å². The summed E-state index contributed by atoms with van der Waals surface area (Å²) in [6.07, 6.45) is 1.70. The predicted molar refractivity (Wildman–Crippen MR) is 69.9 cm³/mol. The fourth-order valence-corrected chi connectivity index (χ4v) is 2.52. The van der Waals surface area contributed by atoms with Gasteiger partial charge in [-0.2, -0.15) is 0 Å². The molecular formula is C14H21FN2O. The summed E-state index contributed by atoms with van der Waals surface area (Å²) in [6, 6.07) is 7.05. The molecule has 1 aliphatic rings. The molecule has 1 saturated heterocycles. The van der Waals surface area contributed by atoms with Crippen molar-refractivity contribution in [3.63, 3.8) is 0 Å². The predicted octanol–water partition coefficient (Wildman–Crippen LogP) is 1.54. The number of nitrogens with zero attached hydrogens (tertiary/aromatic N) is 1. The lowest BCUT2D eigenvalue weighted by Gasteiger charge is -2.35. The van der Waals surface area contributed by atoms with Crippen LogP contribution < -0.4 is 5.32 Å². The van der Waals surface area contributed by atoms with E-state index in [9.17, 15) is 4.39 Å². The Bertz CT molecular complexity index is 349. The molecule has 0 radical (unpaired) electrons. The van der Waals surface area contributed by atoms with Crippen LogP contribution in [-0.2, 0) is 0 Å². The third-order valence-electron chi connectivity index (χ3n) is 3.48. The number of nitrogens with one attached hydrogen (secondary N) is 1. The smallest absolute Gasteiger partial charge is 0.123 e. The minimum Gasteiger partial charge on any atom is -0.396 e. The van der Waals surface area contributed by atoms with E-state index in [0.717, 1.165) is 44.6 Å². The second kappa shape index (κ2) is 6.83. The zero-order valence-corrected chi connectivity index (χ0v) is 10.6. The Kier molecular flexibility index (Phi) is 5.11. The summed E-state index contributed by atoms with van der Waals surface area (Å²) >= 11 is 0. The highest BCUT2D eigenvalue weighted by atomic mass is 19.1. The molecule has 0 amide bonds. The standard InChI is InChI=1S/C14H21FN2O/c15-13-5-3-12(4-6-13)14(2-1-11-18)17-9-7-16-8-10-17/h3-6,14,16,18H,1-2,7-11H2/t14-/m0/s1. The molecule has 2 N–H and O–H groups in total. The average Bonchev–Trinajstić information content (AvgIpc) is 2.42. The van der Waals surface area contributed by atoms with Crippen molar-refractivity contribution in [2.24, 2.45) is 0 Å². The Balaban J connectivity index is 2.10. The highest BCUT2D eigenvalue weighted by Crippen LogP contribution is 2.26. The Morgan fingerprint density at radius 3 is 2.50 bits per heavy atom. The second-order valence-electron chi connectivity index (χ2n) is 4.72. The largest absolute Gasteiger partial charge is 0.396 e. The monoisotopic (exact) mass is 252 g/mol. The zero-order chi connectivity index (χ0) is 12.8. The fourth-order valence-electron chi connectivity index (χ4n) is 2.52. The maximum atomic E-state index is 13.0. The average molecular weight is 252 g/mol. The van der Waals surface area contributed by atoms with Crippen molar-refractivity contribution in [3.8, 4) is 0 Å². The van der Waals surface area contributed by atoms with E-state index < -0.39 is 0 Å². The minimum atomic E-state index is -0.194. The van der Waals surface area contributed by atoms with Gasteiger partial charge < -0.3 is 10.4 Å². The third kappa shape index (κ3) is 3.51. The van der Waals surface area contributed by atoms with Crippen LogP contribution in [-0.4, -0.2) is 42.8 Å². The maximum absolute atomic E-state index is 13.0. The molecule has 0 bridgehead atoms. The Hall–Kier alpha value is -0.970. The van der Waals surface area contributed by atoms with Crippen LogP contribution in [0.4, 0.5) is 4.39 Å². The molecule has 2 rings (SSSR count). The van der Waals surface area contributed by atoms with Gasteiger partial charge in [0, 0.05) is 38.8 Å². The zero-order valence-electron chi connectivity index (χ0n) is 10.6. The molecule has 1 aromatic carbocycles. The Morgan fingerprint density at radius 2 is 1.89 bits per heavy atom. The van der Waals surface area contributed by atoms with Crippen molar-refractivity contribution >= 4 is 0 Å². The van der Waals surface area contributed by atoms with Gasteiger partial charge in [0.2, 0.25) is 0 Å². The Morgan fingerprint density at radius 1 is 1.22 bits per heavy atom. The quantitative estimate of drug-likeness (QED) is 0.834. The van der Waals surface area contributed by atoms with Gasteiger partial charge in [-0.15, -0.1) is 0 Å². The van der Waals surface area contributed by atoms with Gasteiger partial charge in [0.1, 0.15) is 5.82 Å². The van der Waals surface area contributed by atoms with E-state index in [2.05, 4.69) is 10.2 Å². The summed E-state index contributed by atoms with van der Waals surface area (Å²) in [5, 5.41) is 12.3. The van der Waals surface area contributed by atoms with Crippen LogP contribution in [0.2, 0.25) is 0 Å². The number of hydrogen-bond acceptors (Lipinski definition) is 3. The molecule has 0 aliphatic carbocycles. The number of aliphatic hydroxyl groups excluding tert-OH is 1. The lowest BCUT2D eigenvalue weighted by molar-refractivity contribution is 0.154. The molecule has 1 fully saturated rings. The van der Waals surface area contributed by atoms with E-state index in [1.54, 1.807) is 0 Å². The number of hydrogen-bond donors (Lipinski definition) is 2. The van der Waals surface area contributed by atoms with Crippen LogP contribution >= 0.6 is 0 Å². The van der Waals surface area contributed by atoms with E-state index in [1.807, 2.05) is 12.1 Å². The van der Waals surface area contributed by atoms with Crippen molar-refractivity contribution in [2.45, 2.75) is 18.9 Å². The molecule has 4 heteroatoms. The normalized spacial score (nSPS) is 18.8. The molecule has 0 spiro atoms. The van der Waals surface area contributed by atoms with Crippen LogP contribution in [0.15, 0.2) is 24.3 Å².